The number of benzene rings is 1. The fraction of sp³-hybridized carbons (Fsp3) is 0.267. The molecule has 3 rings (SSSR count). The van der Waals surface area contributed by atoms with Gasteiger partial charge in [-0.1, -0.05) is 22.5 Å². The summed E-state index contributed by atoms with van der Waals surface area (Å²) in [6, 6.07) is 8.15. The lowest BCUT2D eigenvalue weighted by Crippen LogP contribution is -2.10. The Labute approximate surface area is 127 Å². The molecule has 0 aliphatic rings. The smallest absolute Gasteiger partial charge is 0.170 e. The van der Waals surface area contributed by atoms with Gasteiger partial charge in [0.2, 0.25) is 0 Å². The lowest BCUT2D eigenvalue weighted by Gasteiger charge is -2.04. The Morgan fingerprint density at radius 3 is 2.82 bits per heavy atom. The molecule has 0 radical (unpaired) electrons. The molecule has 2 heterocycles. The van der Waals surface area contributed by atoms with Crippen LogP contribution in [-0.2, 0) is 13.1 Å². The summed E-state index contributed by atoms with van der Waals surface area (Å²) in [5.74, 6) is 0.0703. The summed E-state index contributed by atoms with van der Waals surface area (Å²) in [6.45, 7) is 1.15. The van der Waals surface area contributed by atoms with Crippen LogP contribution >= 0.6 is 0 Å². The van der Waals surface area contributed by atoms with Gasteiger partial charge in [0.25, 0.3) is 0 Å². The Kier molecular flexibility index (Phi) is 3.97. The van der Waals surface area contributed by atoms with Crippen molar-refractivity contribution >= 4 is 0 Å². The molecule has 0 spiro atoms. The Hall–Kier alpha value is -2.54. The fourth-order valence-corrected chi connectivity index (χ4v) is 2.15. The van der Waals surface area contributed by atoms with E-state index in [0.29, 0.717) is 23.6 Å². The van der Waals surface area contributed by atoms with Crippen LogP contribution in [0.15, 0.2) is 41.1 Å². The van der Waals surface area contributed by atoms with E-state index in [1.807, 2.05) is 25.2 Å². The van der Waals surface area contributed by atoms with E-state index in [9.17, 15) is 4.39 Å². The van der Waals surface area contributed by atoms with Gasteiger partial charge in [-0.15, -0.1) is 5.10 Å². The molecular weight excluding hydrogens is 285 g/mol. The standard InChI is InChI=1S/C15H16FN5O/c1-20(2)8-12-10-21(19-17-12)9-11-7-15(22-18-11)13-5-3-4-6-14(13)16/h3-7,10H,8-9H2,1-2H3. The molecule has 0 N–H and O–H groups in total. The zero-order valence-corrected chi connectivity index (χ0v) is 12.4. The van der Waals surface area contributed by atoms with Crippen molar-refractivity contribution in [2.24, 2.45) is 0 Å². The molecule has 2 aromatic heterocycles. The Morgan fingerprint density at radius 2 is 2.05 bits per heavy atom. The van der Waals surface area contributed by atoms with Crippen molar-refractivity contribution in [3.63, 3.8) is 0 Å². The van der Waals surface area contributed by atoms with E-state index in [0.717, 1.165) is 12.2 Å². The van der Waals surface area contributed by atoms with Crippen molar-refractivity contribution < 1.29 is 8.91 Å². The SMILES string of the molecule is CN(C)Cc1cn(Cc2cc(-c3ccccc3F)on2)nn1. The molecule has 0 saturated carbocycles. The van der Waals surface area contributed by atoms with Crippen molar-refractivity contribution in [3.05, 3.63) is 53.7 Å². The second-order valence-corrected chi connectivity index (χ2v) is 5.31. The Morgan fingerprint density at radius 1 is 1.23 bits per heavy atom. The number of hydrogen-bond donors (Lipinski definition) is 0. The van der Waals surface area contributed by atoms with Crippen molar-refractivity contribution in [2.45, 2.75) is 13.1 Å². The normalized spacial score (nSPS) is 11.3. The van der Waals surface area contributed by atoms with Gasteiger partial charge in [-0.2, -0.15) is 0 Å². The van der Waals surface area contributed by atoms with Crippen LogP contribution in [0, 0.1) is 5.82 Å². The third-order valence-corrected chi connectivity index (χ3v) is 3.09. The number of rotatable bonds is 5. The van der Waals surface area contributed by atoms with Crippen LogP contribution in [0.4, 0.5) is 4.39 Å². The monoisotopic (exact) mass is 301 g/mol. The van der Waals surface area contributed by atoms with Gasteiger partial charge >= 0.3 is 0 Å². The Bertz CT molecular complexity index is 765. The minimum Gasteiger partial charge on any atom is -0.356 e. The number of aromatic nitrogens is 4. The molecule has 0 saturated heterocycles. The molecule has 0 unspecified atom stereocenters. The molecule has 7 heteroatoms. The average molecular weight is 301 g/mol. The molecule has 6 nitrogen and oxygen atoms in total. The van der Waals surface area contributed by atoms with E-state index in [1.165, 1.54) is 6.07 Å². The lowest BCUT2D eigenvalue weighted by atomic mass is 10.1. The van der Waals surface area contributed by atoms with Crippen LogP contribution in [0.3, 0.4) is 0 Å². The molecule has 0 amide bonds. The van der Waals surface area contributed by atoms with Crippen LogP contribution in [-0.4, -0.2) is 39.1 Å². The lowest BCUT2D eigenvalue weighted by molar-refractivity contribution is 0.396. The highest BCUT2D eigenvalue weighted by atomic mass is 19.1. The maximum atomic E-state index is 13.7. The third kappa shape index (κ3) is 3.20. The van der Waals surface area contributed by atoms with Crippen molar-refractivity contribution in [1.82, 2.24) is 25.1 Å². The molecular formula is C15H16FN5O. The highest BCUT2D eigenvalue weighted by molar-refractivity contribution is 5.57. The molecule has 3 aromatic rings. The molecule has 114 valence electrons. The van der Waals surface area contributed by atoms with Gasteiger partial charge in [0.05, 0.1) is 24.0 Å². The first kappa shape index (κ1) is 14.4. The van der Waals surface area contributed by atoms with E-state index in [4.69, 9.17) is 4.52 Å². The topological polar surface area (TPSA) is 60.0 Å². The second-order valence-electron chi connectivity index (χ2n) is 5.31. The van der Waals surface area contributed by atoms with Crippen LogP contribution in [0.2, 0.25) is 0 Å². The summed E-state index contributed by atoms with van der Waals surface area (Å²) in [7, 11) is 3.94. The van der Waals surface area contributed by atoms with Gasteiger partial charge in [0.1, 0.15) is 11.5 Å². The van der Waals surface area contributed by atoms with Crippen LogP contribution < -0.4 is 0 Å². The molecule has 0 bridgehead atoms. The van der Waals surface area contributed by atoms with E-state index >= 15 is 0 Å². The van der Waals surface area contributed by atoms with Crippen molar-refractivity contribution in [3.8, 4) is 11.3 Å². The van der Waals surface area contributed by atoms with Crippen LogP contribution in [0.1, 0.15) is 11.4 Å². The zero-order valence-electron chi connectivity index (χ0n) is 12.4. The fourth-order valence-electron chi connectivity index (χ4n) is 2.15. The predicted octanol–water partition coefficient (Wildman–Crippen LogP) is 2.18. The maximum absolute atomic E-state index is 13.7. The summed E-state index contributed by atoms with van der Waals surface area (Å²) in [5, 5.41) is 12.1. The summed E-state index contributed by atoms with van der Waals surface area (Å²) in [5.41, 5.74) is 1.94. The Balaban J connectivity index is 1.75. The minimum absolute atomic E-state index is 0.334. The van der Waals surface area contributed by atoms with E-state index in [1.54, 1.807) is 28.9 Å². The van der Waals surface area contributed by atoms with Crippen molar-refractivity contribution in [2.75, 3.05) is 14.1 Å². The molecule has 22 heavy (non-hydrogen) atoms. The number of halogens is 1. The molecule has 0 fully saturated rings. The quantitative estimate of drug-likeness (QED) is 0.723. The van der Waals surface area contributed by atoms with Gasteiger partial charge in [-0.05, 0) is 26.2 Å². The van der Waals surface area contributed by atoms with Gasteiger partial charge < -0.3 is 9.42 Å². The van der Waals surface area contributed by atoms with E-state index in [2.05, 4.69) is 15.5 Å². The average Bonchev–Trinajstić information content (AvgIpc) is 3.09. The highest BCUT2D eigenvalue weighted by Gasteiger charge is 2.12. The molecule has 0 atom stereocenters. The summed E-state index contributed by atoms with van der Waals surface area (Å²) < 4.78 is 20.6. The second kappa shape index (κ2) is 6.07. The maximum Gasteiger partial charge on any atom is 0.170 e. The van der Waals surface area contributed by atoms with Gasteiger partial charge in [0, 0.05) is 12.6 Å². The first-order valence-electron chi connectivity index (χ1n) is 6.86. The largest absolute Gasteiger partial charge is 0.356 e. The molecule has 0 aliphatic heterocycles. The van der Waals surface area contributed by atoms with E-state index < -0.39 is 0 Å². The van der Waals surface area contributed by atoms with Gasteiger partial charge in [-0.3, -0.25) is 0 Å². The first-order chi connectivity index (χ1) is 10.6. The van der Waals surface area contributed by atoms with E-state index in [-0.39, 0.29) is 5.82 Å². The zero-order chi connectivity index (χ0) is 15.5. The van der Waals surface area contributed by atoms with Crippen molar-refractivity contribution in [1.29, 1.82) is 0 Å². The predicted molar refractivity (Wildman–Crippen MR) is 78.4 cm³/mol. The molecule has 1 aromatic carbocycles. The minimum atomic E-state index is -0.334. The van der Waals surface area contributed by atoms with Crippen LogP contribution in [0.25, 0.3) is 11.3 Å². The summed E-state index contributed by atoms with van der Waals surface area (Å²) >= 11 is 0. The number of nitrogens with zero attached hydrogens (tertiary/aromatic N) is 5. The molecule has 0 aliphatic carbocycles. The first-order valence-corrected chi connectivity index (χ1v) is 6.86. The number of hydrogen-bond acceptors (Lipinski definition) is 5. The van der Waals surface area contributed by atoms with Gasteiger partial charge in [0.15, 0.2) is 5.76 Å². The summed E-state index contributed by atoms with van der Waals surface area (Å²) in [6.07, 6.45) is 1.86. The summed E-state index contributed by atoms with van der Waals surface area (Å²) in [4.78, 5) is 2.01. The van der Waals surface area contributed by atoms with Crippen LogP contribution in [0.5, 0.6) is 0 Å². The highest BCUT2D eigenvalue weighted by Crippen LogP contribution is 2.23. The third-order valence-electron chi connectivity index (χ3n) is 3.09. The van der Waals surface area contributed by atoms with Gasteiger partial charge in [-0.25, -0.2) is 9.07 Å².